The van der Waals surface area contributed by atoms with Crippen molar-refractivity contribution in [1.82, 2.24) is 14.8 Å². The maximum atomic E-state index is 12.8. The fourth-order valence-electron chi connectivity index (χ4n) is 2.77. The Morgan fingerprint density at radius 2 is 1.70 bits per heavy atom. The van der Waals surface area contributed by atoms with E-state index in [9.17, 15) is 22.8 Å². The van der Waals surface area contributed by atoms with Gasteiger partial charge in [-0.3, -0.25) is 9.59 Å². The van der Waals surface area contributed by atoms with Crippen LogP contribution in [0.5, 0.6) is 5.75 Å². The van der Waals surface area contributed by atoms with E-state index in [0.717, 1.165) is 23.9 Å². The van der Waals surface area contributed by atoms with Crippen molar-refractivity contribution in [3.05, 3.63) is 59.9 Å². The maximum absolute atomic E-state index is 12.8. The van der Waals surface area contributed by atoms with Crippen molar-refractivity contribution in [2.24, 2.45) is 7.05 Å². The van der Waals surface area contributed by atoms with Gasteiger partial charge in [0.25, 0.3) is 0 Å². The molecule has 0 saturated heterocycles. The molecule has 0 spiro atoms. The second kappa shape index (κ2) is 10.4. The van der Waals surface area contributed by atoms with E-state index in [1.54, 1.807) is 35.9 Å². The fourth-order valence-corrected chi connectivity index (χ4v) is 3.50. The van der Waals surface area contributed by atoms with Crippen molar-refractivity contribution < 1.29 is 27.5 Å². The number of hydrogen-bond donors (Lipinski definition) is 2. The van der Waals surface area contributed by atoms with E-state index in [0.29, 0.717) is 22.4 Å². The van der Waals surface area contributed by atoms with Crippen molar-refractivity contribution in [3.8, 4) is 5.75 Å². The van der Waals surface area contributed by atoms with Gasteiger partial charge in [0, 0.05) is 24.5 Å². The van der Waals surface area contributed by atoms with Gasteiger partial charge >= 0.3 is 6.18 Å². The predicted molar refractivity (Wildman–Crippen MR) is 117 cm³/mol. The van der Waals surface area contributed by atoms with E-state index in [4.69, 9.17) is 4.74 Å². The van der Waals surface area contributed by atoms with Gasteiger partial charge in [0.15, 0.2) is 5.16 Å². The molecular weight excluding hydrogens is 459 g/mol. The number of ether oxygens (including phenoxy) is 1. The number of carbonyl (C=O) groups excluding carboxylic acids is 2. The molecule has 0 aliphatic heterocycles. The summed E-state index contributed by atoms with van der Waals surface area (Å²) >= 11 is 1.13. The molecule has 3 rings (SSSR count). The van der Waals surface area contributed by atoms with Crippen molar-refractivity contribution in [2.75, 3.05) is 23.5 Å². The molecule has 0 aliphatic rings. The molecule has 3 aromatic rings. The number of benzene rings is 2. The maximum Gasteiger partial charge on any atom is 0.416 e. The fraction of sp³-hybridized carbons (Fsp3) is 0.238. The summed E-state index contributed by atoms with van der Waals surface area (Å²) in [5, 5.41) is 13.5. The van der Waals surface area contributed by atoms with Gasteiger partial charge in [-0.2, -0.15) is 13.2 Å². The molecule has 12 heteroatoms. The molecule has 2 aromatic carbocycles. The zero-order valence-electron chi connectivity index (χ0n) is 17.6. The minimum atomic E-state index is -4.50. The van der Waals surface area contributed by atoms with E-state index in [2.05, 4.69) is 20.8 Å². The number of alkyl halides is 3. The summed E-state index contributed by atoms with van der Waals surface area (Å²) in [6.45, 7) is 0. The summed E-state index contributed by atoms with van der Waals surface area (Å²) in [5.74, 6) is 0.161. The highest BCUT2D eigenvalue weighted by atomic mass is 32.2. The lowest BCUT2D eigenvalue weighted by molar-refractivity contribution is -0.137. The minimum absolute atomic E-state index is 0.0285. The SMILES string of the molecule is COc1cccc(NC(=O)CSc2nnc(CC(=O)Nc3cccc(C(F)(F)F)c3)n2C)c1. The Kier molecular flexibility index (Phi) is 7.59. The second-order valence-corrected chi connectivity index (χ2v) is 7.77. The molecule has 1 aromatic heterocycles. The van der Waals surface area contributed by atoms with Crippen LogP contribution < -0.4 is 15.4 Å². The highest BCUT2D eigenvalue weighted by molar-refractivity contribution is 7.99. The van der Waals surface area contributed by atoms with Crippen LogP contribution in [0.15, 0.2) is 53.7 Å². The van der Waals surface area contributed by atoms with Crippen LogP contribution in [-0.2, 0) is 29.2 Å². The number of anilines is 2. The summed E-state index contributed by atoms with van der Waals surface area (Å²) in [5.41, 5.74) is -0.240. The van der Waals surface area contributed by atoms with Crippen LogP contribution in [0.2, 0.25) is 0 Å². The molecule has 0 saturated carbocycles. The van der Waals surface area contributed by atoms with E-state index >= 15 is 0 Å². The molecule has 0 unspecified atom stereocenters. The van der Waals surface area contributed by atoms with Crippen molar-refractivity contribution in [2.45, 2.75) is 17.8 Å². The number of methoxy groups -OCH3 is 1. The van der Waals surface area contributed by atoms with Crippen molar-refractivity contribution in [1.29, 1.82) is 0 Å². The van der Waals surface area contributed by atoms with Gasteiger partial charge < -0.3 is 19.9 Å². The van der Waals surface area contributed by atoms with Crippen LogP contribution in [0.3, 0.4) is 0 Å². The van der Waals surface area contributed by atoms with E-state index in [1.807, 2.05) is 0 Å². The van der Waals surface area contributed by atoms with Crippen LogP contribution >= 0.6 is 11.8 Å². The predicted octanol–water partition coefficient (Wildman–Crippen LogP) is 3.75. The van der Waals surface area contributed by atoms with Crippen LogP contribution in [0.25, 0.3) is 0 Å². The first kappa shape index (κ1) is 24.1. The van der Waals surface area contributed by atoms with Crippen molar-refractivity contribution >= 4 is 35.0 Å². The smallest absolute Gasteiger partial charge is 0.416 e. The van der Waals surface area contributed by atoms with E-state index < -0.39 is 17.6 Å². The number of halogens is 3. The lowest BCUT2D eigenvalue weighted by atomic mass is 10.2. The third-order valence-corrected chi connectivity index (χ3v) is 5.42. The molecule has 33 heavy (non-hydrogen) atoms. The Morgan fingerprint density at radius 3 is 2.39 bits per heavy atom. The lowest BCUT2D eigenvalue weighted by Crippen LogP contribution is -2.18. The van der Waals surface area contributed by atoms with Gasteiger partial charge in [-0.1, -0.05) is 23.9 Å². The summed E-state index contributed by atoms with van der Waals surface area (Å²) in [7, 11) is 3.16. The average molecular weight is 479 g/mol. The first-order valence-corrected chi connectivity index (χ1v) is 10.6. The molecular formula is C21H20F3N5O3S. The zero-order chi connectivity index (χ0) is 24.0. The second-order valence-electron chi connectivity index (χ2n) is 6.83. The number of amides is 2. The molecule has 0 atom stereocenters. The van der Waals surface area contributed by atoms with Gasteiger partial charge in [0.05, 0.1) is 24.8 Å². The molecule has 2 amide bonds. The summed E-state index contributed by atoms with van der Waals surface area (Å²) in [6, 6.07) is 11.3. The molecule has 0 bridgehead atoms. The highest BCUT2D eigenvalue weighted by Gasteiger charge is 2.30. The number of hydrogen-bond acceptors (Lipinski definition) is 6. The molecule has 2 N–H and O–H groups in total. The zero-order valence-corrected chi connectivity index (χ0v) is 18.5. The Morgan fingerprint density at radius 1 is 1.03 bits per heavy atom. The van der Waals surface area contributed by atoms with Crippen LogP contribution in [0, 0.1) is 0 Å². The summed E-state index contributed by atoms with van der Waals surface area (Å²) in [4.78, 5) is 24.5. The third-order valence-electron chi connectivity index (χ3n) is 4.40. The molecule has 1 heterocycles. The quantitative estimate of drug-likeness (QED) is 0.478. The molecule has 0 aliphatic carbocycles. The number of nitrogens with one attached hydrogen (secondary N) is 2. The van der Waals surface area contributed by atoms with Gasteiger partial charge in [0.2, 0.25) is 11.8 Å². The molecule has 174 valence electrons. The highest BCUT2D eigenvalue weighted by Crippen LogP contribution is 2.30. The number of aromatic nitrogens is 3. The Bertz CT molecular complexity index is 1150. The molecule has 0 fully saturated rings. The lowest BCUT2D eigenvalue weighted by Gasteiger charge is -2.10. The Balaban J connectivity index is 1.55. The average Bonchev–Trinajstić information content (AvgIpc) is 3.11. The summed E-state index contributed by atoms with van der Waals surface area (Å²) in [6.07, 6.45) is -4.70. The third kappa shape index (κ3) is 6.72. The van der Waals surface area contributed by atoms with E-state index in [1.165, 1.54) is 19.2 Å². The first-order chi connectivity index (χ1) is 15.7. The largest absolute Gasteiger partial charge is 0.497 e. The number of carbonyl (C=O) groups is 2. The first-order valence-electron chi connectivity index (χ1n) is 9.58. The minimum Gasteiger partial charge on any atom is -0.497 e. The van der Waals surface area contributed by atoms with Crippen LogP contribution in [0.1, 0.15) is 11.4 Å². The van der Waals surface area contributed by atoms with Gasteiger partial charge in [0.1, 0.15) is 11.6 Å². The Hall–Kier alpha value is -3.54. The Labute approximate surface area is 191 Å². The van der Waals surface area contributed by atoms with Gasteiger partial charge in [-0.15, -0.1) is 10.2 Å². The molecule has 0 radical (unpaired) electrons. The van der Waals surface area contributed by atoms with Gasteiger partial charge in [-0.05, 0) is 30.3 Å². The van der Waals surface area contributed by atoms with Crippen LogP contribution in [-0.4, -0.2) is 39.4 Å². The number of rotatable bonds is 8. The molecule has 8 nitrogen and oxygen atoms in total. The monoisotopic (exact) mass is 479 g/mol. The summed E-state index contributed by atoms with van der Waals surface area (Å²) < 4.78 is 45.1. The topological polar surface area (TPSA) is 98.1 Å². The van der Waals surface area contributed by atoms with Crippen LogP contribution in [0.4, 0.5) is 24.5 Å². The van der Waals surface area contributed by atoms with E-state index in [-0.39, 0.29) is 23.8 Å². The van der Waals surface area contributed by atoms with Crippen molar-refractivity contribution in [3.63, 3.8) is 0 Å². The number of nitrogens with zero attached hydrogens (tertiary/aromatic N) is 3. The number of thioether (sulfide) groups is 1. The normalized spacial score (nSPS) is 11.2. The standard InChI is InChI=1S/C21H20F3N5O3S/c1-29-17(11-18(30)25-14-6-3-5-13(9-14)21(22,23)24)27-28-20(29)33-12-19(31)26-15-7-4-8-16(10-15)32-2/h3-10H,11-12H2,1-2H3,(H,25,30)(H,26,31). The van der Waals surface area contributed by atoms with Gasteiger partial charge in [-0.25, -0.2) is 0 Å².